The number of benzene rings is 1. The van der Waals surface area contributed by atoms with E-state index in [2.05, 4.69) is 41.1 Å². The van der Waals surface area contributed by atoms with E-state index in [0.717, 1.165) is 36.7 Å². The van der Waals surface area contributed by atoms with E-state index >= 15 is 0 Å². The molecule has 1 aliphatic carbocycles. The minimum absolute atomic E-state index is 0.175. The number of amides is 1. The molecule has 1 amide bonds. The largest absolute Gasteiger partial charge is 0.341 e. The Hall–Kier alpha value is -2.17. The van der Waals surface area contributed by atoms with Crippen LogP contribution in [0.5, 0.6) is 0 Å². The number of H-pyrrole nitrogens is 1. The lowest BCUT2D eigenvalue weighted by atomic mass is 9.76. The van der Waals surface area contributed by atoms with Crippen LogP contribution in [0.25, 0.3) is 0 Å². The fourth-order valence-electron chi connectivity index (χ4n) is 4.81. The lowest BCUT2D eigenvalue weighted by Gasteiger charge is -2.27. The first kappa shape index (κ1) is 17.3. The highest BCUT2D eigenvalue weighted by Crippen LogP contribution is 2.52. The molecule has 1 spiro atoms. The molecule has 1 N–H and O–H groups in total. The topological polar surface area (TPSA) is 61.9 Å². The number of nitrogens with one attached hydrogen (secondary N) is 1. The molecule has 138 valence electrons. The molecular weight excluding hydrogens is 324 g/mol. The molecule has 4 rings (SSSR count). The van der Waals surface area contributed by atoms with Gasteiger partial charge in [-0.3, -0.25) is 9.89 Å². The van der Waals surface area contributed by atoms with Gasteiger partial charge in [0.2, 0.25) is 5.91 Å². The van der Waals surface area contributed by atoms with Gasteiger partial charge in [-0.05, 0) is 36.3 Å². The highest BCUT2D eigenvalue weighted by atomic mass is 16.2. The van der Waals surface area contributed by atoms with Gasteiger partial charge >= 0.3 is 0 Å². The molecule has 2 heterocycles. The number of hydrogen-bond acceptors (Lipinski definition) is 3. The third-order valence-electron chi connectivity index (χ3n) is 6.40. The van der Waals surface area contributed by atoms with Crippen LogP contribution in [0.2, 0.25) is 0 Å². The van der Waals surface area contributed by atoms with Crippen LogP contribution in [0, 0.1) is 12.3 Å². The number of aryl methyl sites for hydroxylation is 2. The number of nitrogens with zero attached hydrogens (tertiary/aromatic N) is 3. The lowest BCUT2D eigenvalue weighted by molar-refractivity contribution is -0.129. The van der Waals surface area contributed by atoms with Gasteiger partial charge in [-0.25, -0.2) is 4.98 Å². The van der Waals surface area contributed by atoms with Gasteiger partial charge in [0.15, 0.2) is 5.82 Å². The van der Waals surface area contributed by atoms with E-state index in [-0.39, 0.29) is 17.2 Å². The van der Waals surface area contributed by atoms with E-state index in [1.54, 1.807) is 0 Å². The summed E-state index contributed by atoms with van der Waals surface area (Å²) in [5.74, 6) is 2.36. The van der Waals surface area contributed by atoms with E-state index < -0.39 is 0 Å². The first-order valence-corrected chi connectivity index (χ1v) is 9.85. The maximum Gasteiger partial charge on any atom is 0.227 e. The Morgan fingerprint density at radius 2 is 2.08 bits per heavy atom. The zero-order chi connectivity index (χ0) is 18.1. The van der Waals surface area contributed by atoms with E-state index in [1.165, 1.54) is 31.2 Å². The van der Waals surface area contributed by atoms with Crippen molar-refractivity contribution >= 4 is 5.91 Å². The van der Waals surface area contributed by atoms with E-state index in [9.17, 15) is 4.79 Å². The number of aromatic amines is 1. The number of rotatable bonds is 4. The molecule has 2 aromatic rings. The predicted molar refractivity (Wildman–Crippen MR) is 101 cm³/mol. The zero-order valence-electron chi connectivity index (χ0n) is 15.8. The monoisotopic (exact) mass is 352 g/mol. The standard InChI is InChI=1S/C21H28N4O/c1-3-18-22-20(24-23-18)17-13-25(14-21(17)10-6-7-11-21)19(26)12-16-9-5-4-8-15(16)2/h4-5,8-9,17H,3,6-7,10-14H2,1-2H3,(H,22,23,24). The lowest BCUT2D eigenvalue weighted by Crippen LogP contribution is -2.32. The summed E-state index contributed by atoms with van der Waals surface area (Å²) in [5, 5.41) is 7.57. The second kappa shape index (κ2) is 6.86. The maximum absolute atomic E-state index is 13.0. The molecule has 5 nitrogen and oxygen atoms in total. The van der Waals surface area contributed by atoms with Crippen molar-refractivity contribution in [2.24, 2.45) is 5.41 Å². The summed E-state index contributed by atoms with van der Waals surface area (Å²) in [6.07, 6.45) is 6.22. The molecule has 0 bridgehead atoms. The maximum atomic E-state index is 13.0. The molecule has 0 radical (unpaired) electrons. The van der Waals surface area contributed by atoms with E-state index in [0.29, 0.717) is 6.42 Å². The first-order chi connectivity index (χ1) is 12.6. The summed E-state index contributed by atoms with van der Waals surface area (Å²) in [4.78, 5) is 19.8. The minimum Gasteiger partial charge on any atom is -0.341 e. The van der Waals surface area contributed by atoms with Crippen molar-refractivity contribution in [2.75, 3.05) is 13.1 Å². The highest BCUT2D eigenvalue weighted by molar-refractivity contribution is 5.79. The Labute approximate surface area is 155 Å². The molecule has 2 aliphatic rings. The van der Waals surface area contributed by atoms with Crippen molar-refractivity contribution in [2.45, 2.75) is 58.3 Å². The SMILES string of the molecule is CCc1nc(C2CN(C(=O)Cc3ccccc3C)CC23CCCC3)n[nH]1. The van der Waals surface area contributed by atoms with Gasteiger partial charge in [-0.2, -0.15) is 5.10 Å². The smallest absolute Gasteiger partial charge is 0.227 e. The summed E-state index contributed by atoms with van der Waals surface area (Å²) in [6.45, 7) is 5.78. The van der Waals surface area contributed by atoms with Crippen LogP contribution >= 0.6 is 0 Å². The van der Waals surface area contributed by atoms with Crippen molar-refractivity contribution in [1.29, 1.82) is 0 Å². The quantitative estimate of drug-likeness (QED) is 0.917. The Morgan fingerprint density at radius 1 is 1.31 bits per heavy atom. The Morgan fingerprint density at radius 3 is 2.77 bits per heavy atom. The fraction of sp³-hybridized carbons (Fsp3) is 0.571. The predicted octanol–water partition coefficient (Wildman–Crippen LogP) is 3.40. The fourth-order valence-corrected chi connectivity index (χ4v) is 4.81. The van der Waals surface area contributed by atoms with Gasteiger partial charge in [0.1, 0.15) is 5.82 Å². The van der Waals surface area contributed by atoms with Gasteiger partial charge in [0, 0.05) is 25.4 Å². The van der Waals surface area contributed by atoms with Crippen LogP contribution in [0.15, 0.2) is 24.3 Å². The van der Waals surface area contributed by atoms with Crippen LogP contribution in [-0.4, -0.2) is 39.1 Å². The van der Waals surface area contributed by atoms with Crippen LogP contribution in [0.1, 0.15) is 61.3 Å². The first-order valence-electron chi connectivity index (χ1n) is 9.85. The van der Waals surface area contributed by atoms with Gasteiger partial charge < -0.3 is 4.90 Å². The molecule has 5 heteroatoms. The van der Waals surface area contributed by atoms with Crippen LogP contribution in [0.4, 0.5) is 0 Å². The van der Waals surface area contributed by atoms with E-state index in [1.807, 2.05) is 12.1 Å². The molecule has 1 atom stereocenters. The van der Waals surface area contributed by atoms with Crippen LogP contribution < -0.4 is 0 Å². The zero-order valence-corrected chi connectivity index (χ0v) is 15.8. The summed E-state index contributed by atoms with van der Waals surface area (Å²) in [6, 6.07) is 8.18. The molecule has 2 fully saturated rings. The normalized spacial score (nSPS) is 21.6. The number of hydrogen-bond donors (Lipinski definition) is 1. The molecule has 26 heavy (non-hydrogen) atoms. The summed E-state index contributed by atoms with van der Waals surface area (Å²) >= 11 is 0. The van der Waals surface area contributed by atoms with Gasteiger partial charge in [-0.1, -0.05) is 44.0 Å². The third-order valence-corrected chi connectivity index (χ3v) is 6.40. The van der Waals surface area contributed by atoms with Crippen LogP contribution in [-0.2, 0) is 17.6 Å². The third kappa shape index (κ3) is 3.04. The molecule has 1 aromatic carbocycles. The van der Waals surface area contributed by atoms with Crippen molar-refractivity contribution in [1.82, 2.24) is 20.1 Å². The minimum atomic E-state index is 0.175. The van der Waals surface area contributed by atoms with Gasteiger partial charge in [0.25, 0.3) is 0 Å². The number of likely N-dealkylation sites (tertiary alicyclic amines) is 1. The Balaban J connectivity index is 1.55. The van der Waals surface area contributed by atoms with Gasteiger partial charge in [-0.15, -0.1) is 0 Å². The van der Waals surface area contributed by atoms with Crippen molar-refractivity contribution in [3.63, 3.8) is 0 Å². The molecular formula is C21H28N4O. The molecule has 1 saturated carbocycles. The molecule has 1 saturated heterocycles. The van der Waals surface area contributed by atoms with Crippen LogP contribution in [0.3, 0.4) is 0 Å². The number of carbonyl (C=O) groups excluding carboxylic acids is 1. The molecule has 1 aliphatic heterocycles. The number of carbonyl (C=O) groups is 1. The average molecular weight is 352 g/mol. The van der Waals surface area contributed by atoms with Crippen molar-refractivity contribution < 1.29 is 4.79 Å². The molecule has 1 unspecified atom stereocenters. The summed E-state index contributed by atoms with van der Waals surface area (Å²) < 4.78 is 0. The molecule has 1 aromatic heterocycles. The van der Waals surface area contributed by atoms with Crippen molar-refractivity contribution in [3.8, 4) is 0 Å². The Bertz CT molecular complexity index is 791. The summed E-state index contributed by atoms with van der Waals surface area (Å²) in [7, 11) is 0. The van der Waals surface area contributed by atoms with Gasteiger partial charge in [0.05, 0.1) is 6.42 Å². The Kier molecular flexibility index (Phi) is 4.55. The second-order valence-corrected chi connectivity index (χ2v) is 7.99. The number of aromatic nitrogens is 3. The summed E-state index contributed by atoms with van der Waals surface area (Å²) in [5.41, 5.74) is 2.50. The van der Waals surface area contributed by atoms with E-state index in [4.69, 9.17) is 4.98 Å². The second-order valence-electron chi connectivity index (χ2n) is 7.99. The average Bonchev–Trinajstić information content (AvgIpc) is 3.37. The van der Waals surface area contributed by atoms with Crippen molar-refractivity contribution in [3.05, 3.63) is 47.0 Å². The highest BCUT2D eigenvalue weighted by Gasteiger charge is 2.51.